The van der Waals surface area contributed by atoms with Crippen molar-refractivity contribution in [3.8, 4) is 0 Å². The summed E-state index contributed by atoms with van der Waals surface area (Å²) in [6.07, 6.45) is 0. The van der Waals surface area contributed by atoms with Crippen LogP contribution in [0.2, 0.25) is 6.82 Å². The van der Waals surface area contributed by atoms with Crippen molar-refractivity contribution in [3.05, 3.63) is 29.8 Å². The summed E-state index contributed by atoms with van der Waals surface area (Å²) < 4.78 is 0. The van der Waals surface area contributed by atoms with Crippen molar-refractivity contribution in [2.75, 3.05) is 0 Å². The van der Waals surface area contributed by atoms with Gasteiger partial charge >= 0.3 is 0 Å². The number of hydrogen-bond acceptors (Lipinski definition) is 0. The van der Waals surface area contributed by atoms with Crippen molar-refractivity contribution in [2.24, 2.45) is 0 Å². The van der Waals surface area contributed by atoms with Gasteiger partial charge in [-0.3, -0.25) is 0 Å². The fraction of sp³-hybridized carbons (Fsp3) is 0.250. The highest BCUT2D eigenvalue weighted by Crippen LogP contribution is 1.90. The molecule has 0 atom stereocenters. The number of hydrogen-bond donors (Lipinski definition) is 0. The van der Waals surface area contributed by atoms with Crippen LogP contribution in [0.1, 0.15) is 5.56 Å². The lowest BCUT2D eigenvalue weighted by Crippen LogP contribution is -2.12. The van der Waals surface area contributed by atoms with Crippen molar-refractivity contribution >= 4 is 12.7 Å². The summed E-state index contributed by atoms with van der Waals surface area (Å²) in [5.74, 6) is 0. The summed E-state index contributed by atoms with van der Waals surface area (Å²) in [6, 6.07) is 8.49. The van der Waals surface area contributed by atoms with Crippen molar-refractivity contribution in [1.82, 2.24) is 0 Å². The molecule has 0 nitrogen and oxygen atoms in total. The Morgan fingerprint density at radius 2 is 1.89 bits per heavy atom. The van der Waals surface area contributed by atoms with Crippen LogP contribution < -0.4 is 5.46 Å². The standard InChI is InChI=1S/C8H11B/c1-7-5-3-4-6-8(7)9-2/h3-6,9H,1-2H3. The van der Waals surface area contributed by atoms with Crippen LogP contribution in [0.5, 0.6) is 0 Å². The summed E-state index contributed by atoms with van der Waals surface area (Å²) in [5, 5.41) is 0. The summed E-state index contributed by atoms with van der Waals surface area (Å²) in [6.45, 7) is 4.33. The van der Waals surface area contributed by atoms with Gasteiger partial charge in [-0.15, -0.1) is 0 Å². The van der Waals surface area contributed by atoms with Crippen LogP contribution in [-0.2, 0) is 0 Å². The minimum Gasteiger partial charge on any atom is -0.0849 e. The third-order valence-electron chi connectivity index (χ3n) is 1.64. The van der Waals surface area contributed by atoms with Gasteiger partial charge in [0, 0.05) is 0 Å². The Hall–Kier alpha value is -0.715. The molecule has 1 aromatic carbocycles. The molecule has 1 rings (SSSR count). The lowest BCUT2D eigenvalue weighted by atomic mass is 9.71. The average molecular weight is 118 g/mol. The van der Waals surface area contributed by atoms with E-state index >= 15 is 0 Å². The van der Waals surface area contributed by atoms with E-state index in [1.807, 2.05) is 0 Å². The number of aryl methyl sites for hydroxylation is 1. The molecule has 0 bridgehead atoms. The third kappa shape index (κ3) is 1.35. The zero-order chi connectivity index (χ0) is 6.69. The second-order valence-corrected chi connectivity index (χ2v) is 2.28. The van der Waals surface area contributed by atoms with Gasteiger partial charge in [-0.1, -0.05) is 42.1 Å². The van der Waals surface area contributed by atoms with Crippen molar-refractivity contribution < 1.29 is 0 Å². The maximum Gasteiger partial charge on any atom is 0.154 e. The second-order valence-electron chi connectivity index (χ2n) is 2.28. The topological polar surface area (TPSA) is 0 Å². The van der Waals surface area contributed by atoms with E-state index < -0.39 is 0 Å². The van der Waals surface area contributed by atoms with E-state index in [1.165, 1.54) is 11.0 Å². The lowest BCUT2D eigenvalue weighted by Gasteiger charge is -1.97. The highest BCUT2D eigenvalue weighted by atomic mass is 13.9. The Balaban J connectivity index is 3.01. The van der Waals surface area contributed by atoms with Crippen molar-refractivity contribution in [1.29, 1.82) is 0 Å². The Bertz CT molecular complexity index is 194. The van der Waals surface area contributed by atoms with Gasteiger partial charge in [-0.05, 0) is 6.92 Å². The molecule has 0 unspecified atom stereocenters. The zero-order valence-corrected chi connectivity index (χ0v) is 6.02. The van der Waals surface area contributed by atoms with Gasteiger partial charge in [0.1, 0.15) is 0 Å². The molecule has 0 aliphatic rings. The third-order valence-corrected chi connectivity index (χ3v) is 1.64. The molecule has 9 heavy (non-hydrogen) atoms. The van der Waals surface area contributed by atoms with Crippen LogP contribution in [0.4, 0.5) is 0 Å². The van der Waals surface area contributed by atoms with Gasteiger partial charge in [0.2, 0.25) is 0 Å². The van der Waals surface area contributed by atoms with Crippen LogP contribution in [-0.4, -0.2) is 7.28 Å². The highest BCUT2D eigenvalue weighted by molar-refractivity contribution is 6.52. The van der Waals surface area contributed by atoms with E-state index in [1.54, 1.807) is 0 Å². The van der Waals surface area contributed by atoms with E-state index in [9.17, 15) is 0 Å². The second kappa shape index (κ2) is 2.72. The van der Waals surface area contributed by atoms with Gasteiger partial charge in [0.05, 0.1) is 0 Å². The first-order valence-corrected chi connectivity index (χ1v) is 3.39. The molecule has 0 saturated carbocycles. The Kier molecular flexibility index (Phi) is 1.94. The summed E-state index contributed by atoms with van der Waals surface area (Å²) in [7, 11) is 1.15. The molecule has 0 aliphatic heterocycles. The van der Waals surface area contributed by atoms with E-state index in [0.717, 1.165) is 7.28 Å². The molecule has 0 spiro atoms. The molecule has 0 aliphatic carbocycles. The monoisotopic (exact) mass is 118 g/mol. The Labute approximate surface area is 57.1 Å². The fourth-order valence-electron chi connectivity index (χ4n) is 1.01. The molecule has 0 fully saturated rings. The van der Waals surface area contributed by atoms with Gasteiger partial charge in [0.15, 0.2) is 7.28 Å². The predicted octanol–water partition coefficient (Wildman–Crippen LogP) is 1.10. The lowest BCUT2D eigenvalue weighted by molar-refractivity contribution is 1.51. The predicted molar refractivity (Wildman–Crippen MR) is 43.8 cm³/mol. The van der Waals surface area contributed by atoms with Crippen LogP contribution in [0.15, 0.2) is 24.3 Å². The highest BCUT2D eigenvalue weighted by Gasteiger charge is 1.90. The minimum atomic E-state index is 1.15. The van der Waals surface area contributed by atoms with Crippen LogP contribution in [0.3, 0.4) is 0 Å². The fourth-order valence-corrected chi connectivity index (χ4v) is 1.01. The van der Waals surface area contributed by atoms with E-state index in [0.29, 0.717) is 0 Å². The molecule has 1 aromatic rings. The average Bonchev–Trinajstić information content (AvgIpc) is 1.89. The van der Waals surface area contributed by atoms with Crippen molar-refractivity contribution in [3.63, 3.8) is 0 Å². The molecule has 0 saturated heterocycles. The molecular formula is C8H11B. The molecule has 1 heteroatoms. The summed E-state index contributed by atoms with van der Waals surface area (Å²) >= 11 is 0. The first-order chi connectivity index (χ1) is 4.34. The molecule has 0 radical (unpaired) electrons. The molecule has 46 valence electrons. The summed E-state index contributed by atoms with van der Waals surface area (Å²) in [5.41, 5.74) is 2.86. The van der Waals surface area contributed by atoms with E-state index in [4.69, 9.17) is 0 Å². The normalized spacial score (nSPS) is 9.11. The number of rotatable bonds is 1. The van der Waals surface area contributed by atoms with Gasteiger partial charge < -0.3 is 0 Å². The quantitative estimate of drug-likeness (QED) is 0.484. The molecule has 0 N–H and O–H groups in total. The van der Waals surface area contributed by atoms with E-state index in [2.05, 4.69) is 38.0 Å². The number of benzene rings is 1. The SMILES string of the molecule is CBc1ccccc1C. The largest absolute Gasteiger partial charge is 0.154 e. The zero-order valence-electron chi connectivity index (χ0n) is 6.02. The van der Waals surface area contributed by atoms with Crippen LogP contribution >= 0.6 is 0 Å². The maximum atomic E-state index is 2.18. The van der Waals surface area contributed by atoms with Gasteiger partial charge in [-0.25, -0.2) is 0 Å². The first kappa shape index (κ1) is 6.41. The molecule has 0 heterocycles. The smallest absolute Gasteiger partial charge is 0.0849 e. The maximum absolute atomic E-state index is 2.18. The summed E-state index contributed by atoms with van der Waals surface area (Å²) in [4.78, 5) is 0. The minimum absolute atomic E-state index is 1.15. The van der Waals surface area contributed by atoms with E-state index in [-0.39, 0.29) is 0 Å². The van der Waals surface area contributed by atoms with Gasteiger partial charge in [0.25, 0.3) is 0 Å². The van der Waals surface area contributed by atoms with Crippen LogP contribution in [0.25, 0.3) is 0 Å². The van der Waals surface area contributed by atoms with Crippen molar-refractivity contribution in [2.45, 2.75) is 13.7 Å². The van der Waals surface area contributed by atoms with Crippen LogP contribution in [0, 0.1) is 6.92 Å². The Morgan fingerprint density at radius 1 is 1.22 bits per heavy atom. The molecule has 0 amide bonds. The molecule has 0 aromatic heterocycles. The Morgan fingerprint density at radius 3 is 2.33 bits per heavy atom. The molecular weight excluding hydrogens is 107 g/mol. The first-order valence-electron chi connectivity index (χ1n) is 3.39. The van der Waals surface area contributed by atoms with Gasteiger partial charge in [-0.2, -0.15) is 0 Å².